The number of nitrogens with two attached hydrogens (primary N) is 1. The first-order valence-corrected chi connectivity index (χ1v) is 5.71. The maximum Gasteiger partial charge on any atom is 0.354 e. The van der Waals surface area contributed by atoms with Crippen molar-refractivity contribution in [3.63, 3.8) is 0 Å². The highest BCUT2D eigenvalue weighted by Gasteiger charge is 2.19. The summed E-state index contributed by atoms with van der Waals surface area (Å²) in [7, 11) is 0. The molecule has 4 N–H and O–H groups in total. The van der Waals surface area contributed by atoms with Crippen molar-refractivity contribution in [2.75, 3.05) is 5.32 Å². The van der Waals surface area contributed by atoms with Gasteiger partial charge in [0.1, 0.15) is 5.69 Å². The molecule has 0 fully saturated rings. The van der Waals surface area contributed by atoms with Crippen LogP contribution in [-0.4, -0.2) is 28.0 Å². The van der Waals surface area contributed by atoms with Gasteiger partial charge in [0, 0.05) is 0 Å². The fraction of sp³-hybridized carbons (Fsp3) is 0.417. The van der Waals surface area contributed by atoms with Gasteiger partial charge in [0.25, 0.3) is 0 Å². The Bertz CT molecular complexity index is 431. The molecule has 1 aromatic rings. The number of carbonyl (C=O) groups excluding carboxylic acids is 1. The van der Waals surface area contributed by atoms with E-state index in [0.29, 0.717) is 5.69 Å². The number of aromatic carboxylic acids is 1. The van der Waals surface area contributed by atoms with Crippen LogP contribution in [0.2, 0.25) is 0 Å². The quantitative estimate of drug-likeness (QED) is 0.726. The lowest BCUT2D eigenvalue weighted by atomic mass is 9.99. The number of carbonyl (C=O) groups is 2. The van der Waals surface area contributed by atoms with Crippen molar-refractivity contribution >= 4 is 17.6 Å². The minimum Gasteiger partial charge on any atom is -0.477 e. The normalized spacial score (nSPS) is 13.7. The van der Waals surface area contributed by atoms with Gasteiger partial charge in [-0.3, -0.25) is 4.79 Å². The molecule has 98 valence electrons. The Morgan fingerprint density at radius 2 is 2.17 bits per heavy atom. The number of pyridine rings is 1. The summed E-state index contributed by atoms with van der Waals surface area (Å²) in [6, 6.07) is 2.22. The van der Waals surface area contributed by atoms with E-state index >= 15 is 0 Å². The summed E-state index contributed by atoms with van der Waals surface area (Å²) >= 11 is 0. The highest BCUT2D eigenvalue weighted by molar-refractivity contribution is 5.95. The molecular formula is C12H17N3O3. The molecule has 1 heterocycles. The van der Waals surface area contributed by atoms with Crippen LogP contribution in [0.15, 0.2) is 18.3 Å². The van der Waals surface area contributed by atoms with Crippen LogP contribution < -0.4 is 11.1 Å². The van der Waals surface area contributed by atoms with Crippen LogP contribution >= 0.6 is 0 Å². The Labute approximate surface area is 105 Å². The van der Waals surface area contributed by atoms with Gasteiger partial charge < -0.3 is 16.2 Å². The molecule has 0 aliphatic heterocycles. The third-order valence-electron chi connectivity index (χ3n) is 2.81. The zero-order valence-corrected chi connectivity index (χ0v) is 10.4. The molecule has 2 unspecified atom stereocenters. The first-order valence-electron chi connectivity index (χ1n) is 5.71. The molecule has 1 aromatic heterocycles. The summed E-state index contributed by atoms with van der Waals surface area (Å²) in [5, 5.41) is 11.3. The van der Waals surface area contributed by atoms with E-state index in [1.54, 1.807) is 0 Å². The topological polar surface area (TPSA) is 105 Å². The summed E-state index contributed by atoms with van der Waals surface area (Å²) in [6.07, 6.45) is 2.11. The lowest BCUT2D eigenvalue weighted by molar-refractivity contribution is -0.118. The predicted octanol–water partition coefficient (Wildman–Crippen LogP) is 1.09. The van der Waals surface area contributed by atoms with Crippen molar-refractivity contribution in [2.45, 2.75) is 26.3 Å². The molecule has 0 bridgehead atoms. The number of anilines is 1. The van der Waals surface area contributed by atoms with Crippen molar-refractivity contribution in [3.8, 4) is 0 Å². The maximum atomic E-state index is 11.8. The summed E-state index contributed by atoms with van der Waals surface area (Å²) in [6.45, 7) is 3.86. The molecule has 1 rings (SSSR count). The molecule has 0 aliphatic carbocycles. The Morgan fingerprint density at radius 3 is 2.61 bits per heavy atom. The Morgan fingerprint density at radius 1 is 1.50 bits per heavy atom. The number of carboxylic acids is 1. The lowest BCUT2D eigenvalue weighted by Gasteiger charge is -2.17. The molecule has 0 saturated heterocycles. The first kappa shape index (κ1) is 14.1. The van der Waals surface area contributed by atoms with Crippen molar-refractivity contribution in [2.24, 2.45) is 11.7 Å². The van der Waals surface area contributed by atoms with Gasteiger partial charge in [0.2, 0.25) is 5.91 Å². The van der Waals surface area contributed by atoms with E-state index < -0.39 is 12.0 Å². The zero-order valence-electron chi connectivity index (χ0n) is 10.4. The van der Waals surface area contributed by atoms with Crippen LogP contribution in [0.25, 0.3) is 0 Å². The van der Waals surface area contributed by atoms with Gasteiger partial charge in [-0.1, -0.05) is 20.3 Å². The second-order valence-electron chi connectivity index (χ2n) is 4.14. The van der Waals surface area contributed by atoms with E-state index in [2.05, 4.69) is 10.3 Å². The molecule has 0 aromatic carbocycles. The van der Waals surface area contributed by atoms with Crippen LogP contribution in [0.1, 0.15) is 30.8 Å². The number of aromatic nitrogens is 1. The fourth-order valence-corrected chi connectivity index (χ4v) is 1.33. The number of nitrogens with one attached hydrogen (secondary N) is 1. The average Bonchev–Trinajstić information content (AvgIpc) is 2.37. The molecular weight excluding hydrogens is 234 g/mol. The molecule has 0 radical (unpaired) electrons. The van der Waals surface area contributed by atoms with Crippen molar-refractivity contribution in [1.82, 2.24) is 4.98 Å². The smallest absolute Gasteiger partial charge is 0.354 e. The van der Waals surface area contributed by atoms with Crippen molar-refractivity contribution in [1.29, 1.82) is 0 Å². The Hall–Kier alpha value is -1.95. The highest BCUT2D eigenvalue weighted by Crippen LogP contribution is 2.10. The second-order valence-corrected chi connectivity index (χ2v) is 4.14. The summed E-state index contributed by atoms with van der Waals surface area (Å²) in [4.78, 5) is 26.1. The first-order chi connectivity index (χ1) is 8.45. The van der Waals surface area contributed by atoms with Gasteiger partial charge in [0.15, 0.2) is 0 Å². The molecule has 6 nitrogen and oxygen atoms in total. The van der Waals surface area contributed by atoms with Gasteiger partial charge in [-0.25, -0.2) is 9.78 Å². The van der Waals surface area contributed by atoms with Crippen LogP contribution in [0, 0.1) is 5.92 Å². The van der Waals surface area contributed by atoms with Crippen LogP contribution in [-0.2, 0) is 4.79 Å². The summed E-state index contributed by atoms with van der Waals surface area (Å²) in [5.74, 6) is -1.32. The monoisotopic (exact) mass is 251 g/mol. The van der Waals surface area contributed by atoms with Crippen LogP contribution in [0.4, 0.5) is 5.69 Å². The van der Waals surface area contributed by atoms with E-state index in [4.69, 9.17) is 10.8 Å². The molecule has 0 spiro atoms. The number of hydrogen-bond acceptors (Lipinski definition) is 4. The highest BCUT2D eigenvalue weighted by atomic mass is 16.4. The SMILES string of the molecule is CCC(C)C(N)C(=O)Nc1ccc(C(=O)O)nc1. The van der Waals surface area contributed by atoms with Gasteiger partial charge in [-0.2, -0.15) is 0 Å². The van der Waals surface area contributed by atoms with Gasteiger partial charge >= 0.3 is 5.97 Å². The Balaban J connectivity index is 2.67. The fourth-order valence-electron chi connectivity index (χ4n) is 1.33. The van der Waals surface area contributed by atoms with Gasteiger partial charge in [-0.05, 0) is 18.1 Å². The Kier molecular flexibility index (Phi) is 4.79. The molecule has 18 heavy (non-hydrogen) atoms. The number of amides is 1. The predicted molar refractivity (Wildman–Crippen MR) is 67.3 cm³/mol. The third kappa shape index (κ3) is 3.53. The molecule has 6 heteroatoms. The number of rotatable bonds is 5. The van der Waals surface area contributed by atoms with E-state index in [0.717, 1.165) is 6.42 Å². The summed E-state index contributed by atoms with van der Waals surface area (Å²) < 4.78 is 0. The standard InChI is InChI=1S/C12H17N3O3/c1-3-7(2)10(13)11(16)15-8-4-5-9(12(17)18)14-6-8/h4-7,10H,3,13H2,1-2H3,(H,15,16)(H,17,18). The molecule has 0 saturated carbocycles. The van der Waals surface area contributed by atoms with Gasteiger partial charge in [0.05, 0.1) is 17.9 Å². The largest absolute Gasteiger partial charge is 0.477 e. The minimum atomic E-state index is -1.11. The summed E-state index contributed by atoms with van der Waals surface area (Å²) in [5.41, 5.74) is 6.13. The molecule has 1 amide bonds. The maximum absolute atomic E-state index is 11.8. The van der Waals surface area contributed by atoms with Gasteiger partial charge in [-0.15, -0.1) is 0 Å². The zero-order chi connectivity index (χ0) is 13.7. The second kappa shape index (κ2) is 6.11. The van der Waals surface area contributed by atoms with Crippen LogP contribution in [0.5, 0.6) is 0 Å². The molecule has 0 aliphatic rings. The number of hydrogen-bond donors (Lipinski definition) is 3. The van der Waals surface area contributed by atoms with Crippen molar-refractivity contribution in [3.05, 3.63) is 24.0 Å². The third-order valence-corrected chi connectivity index (χ3v) is 2.81. The number of carboxylic acid groups (broad SMARTS) is 1. The van der Waals surface area contributed by atoms with Crippen molar-refractivity contribution < 1.29 is 14.7 Å². The average molecular weight is 251 g/mol. The number of nitrogens with zero attached hydrogens (tertiary/aromatic N) is 1. The van der Waals surface area contributed by atoms with E-state index in [1.807, 2.05) is 13.8 Å². The van der Waals surface area contributed by atoms with Crippen LogP contribution in [0.3, 0.4) is 0 Å². The lowest BCUT2D eigenvalue weighted by Crippen LogP contribution is -2.40. The van der Waals surface area contributed by atoms with E-state index in [1.165, 1.54) is 18.3 Å². The molecule has 2 atom stereocenters. The minimum absolute atomic E-state index is 0.0702. The van der Waals surface area contributed by atoms with E-state index in [-0.39, 0.29) is 17.5 Å². The van der Waals surface area contributed by atoms with E-state index in [9.17, 15) is 9.59 Å².